The first-order chi connectivity index (χ1) is 14.5. The summed E-state index contributed by atoms with van der Waals surface area (Å²) in [6.07, 6.45) is 1.45. The maximum absolute atomic E-state index is 13.1. The van der Waals surface area contributed by atoms with E-state index in [1.165, 1.54) is 15.9 Å². The molecule has 0 atom stereocenters. The second-order valence-corrected chi connectivity index (χ2v) is 6.82. The van der Waals surface area contributed by atoms with Crippen LogP contribution >= 0.6 is 0 Å². The van der Waals surface area contributed by atoms with E-state index < -0.39 is 0 Å². The summed E-state index contributed by atoms with van der Waals surface area (Å²) in [5, 5.41) is 13.9. The first-order valence-corrected chi connectivity index (χ1v) is 9.47. The minimum Gasteiger partial charge on any atom is -0.383 e. The Balaban J connectivity index is 1.76. The number of nitrogens with one attached hydrogen (secondary N) is 1. The minimum absolute atomic E-state index is 0.0926. The molecule has 30 heavy (non-hydrogen) atoms. The molecule has 0 spiro atoms. The molecule has 9 heteroatoms. The topological polar surface area (TPSA) is 102 Å². The number of aromatic nitrogens is 4. The van der Waals surface area contributed by atoms with Crippen LogP contribution in [0.15, 0.2) is 48.8 Å². The highest BCUT2D eigenvalue weighted by atomic mass is 16.5. The molecule has 1 aromatic heterocycles. The van der Waals surface area contributed by atoms with Crippen LogP contribution in [0.3, 0.4) is 0 Å². The number of aryl methyl sites for hydroxylation is 1. The van der Waals surface area contributed by atoms with E-state index in [1.807, 2.05) is 32.0 Å². The number of hydrogen-bond acceptors (Lipinski definition) is 6. The van der Waals surface area contributed by atoms with Gasteiger partial charge in [0.15, 0.2) is 0 Å². The molecular weight excluding hydrogens is 384 g/mol. The van der Waals surface area contributed by atoms with Crippen molar-refractivity contribution in [3.05, 3.63) is 65.5 Å². The van der Waals surface area contributed by atoms with Crippen molar-refractivity contribution in [2.75, 3.05) is 32.1 Å². The standard InChI is InChI=1S/C21H24N6O3/c1-15-6-4-9-19(16(15)2)23-20(28)13-26(10-11-30-3)21(29)17-7-5-8-18(12-17)27-14-22-24-25-27/h4-9,12,14H,10-11,13H2,1-3H3,(H,23,28). The van der Waals surface area contributed by atoms with Crippen molar-refractivity contribution in [2.45, 2.75) is 13.8 Å². The van der Waals surface area contributed by atoms with E-state index in [0.29, 0.717) is 17.9 Å². The molecule has 1 N–H and O–H groups in total. The van der Waals surface area contributed by atoms with Crippen LogP contribution in [0, 0.1) is 13.8 Å². The van der Waals surface area contributed by atoms with Crippen molar-refractivity contribution in [1.82, 2.24) is 25.1 Å². The van der Waals surface area contributed by atoms with Gasteiger partial charge >= 0.3 is 0 Å². The maximum Gasteiger partial charge on any atom is 0.254 e. The summed E-state index contributed by atoms with van der Waals surface area (Å²) in [5.74, 6) is -0.553. The number of methoxy groups -OCH3 is 1. The van der Waals surface area contributed by atoms with Crippen LogP contribution in [0.5, 0.6) is 0 Å². The molecule has 3 rings (SSSR count). The van der Waals surface area contributed by atoms with Crippen molar-refractivity contribution in [1.29, 1.82) is 0 Å². The summed E-state index contributed by atoms with van der Waals surface area (Å²) in [6, 6.07) is 12.6. The predicted octanol–water partition coefficient (Wildman–Crippen LogP) is 2.01. The molecule has 0 fully saturated rings. The number of tetrazole rings is 1. The first-order valence-electron chi connectivity index (χ1n) is 9.47. The Labute approximate surface area is 174 Å². The normalized spacial score (nSPS) is 10.6. The lowest BCUT2D eigenvalue weighted by atomic mass is 10.1. The average molecular weight is 408 g/mol. The number of carbonyl (C=O) groups is 2. The van der Waals surface area contributed by atoms with Crippen molar-refractivity contribution in [2.24, 2.45) is 0 Å². The fourth-order valence-electron chi connectivity index (χ4n) is 2.95. The van der Waals surface area contributed by atoms with Crippen molar-refractivity contribution >= 4 is 17.5 Å². The SMILES string of the molecule is COCCN(CC(=O)Nc1cccc(C)c1C)C(=O)c1cccc(-n2cnnn2)c1. The fraction of sp³-hybridized carbons (Fsp3) is 0.286. The van der Waals surface area contributed by atoms with Crippen LogP contribution in [-0.4, -0.2) is 63.7 Å². The van der Waals surface area contributed by atoms with Gasteiger partial charge < -0.3 is 15.0 Å². The van der Waals surface area contributed by atoms with Gasteiger partial charge in [0.1, 0.15) is 12.9 Å². The summed E-state index contributed by atoms with van der Waals surface area (Å²) in [5.41, 5.74) is 3.89. The van der Waals surface area contributed by atoms with E-state index in [9.17, 15) is 9.59 Å². The Morgan fingerprint density at radius 2 is 1.97 bits per heavy atom. The lowest BCUT2D eigenvalue weighted by Gasteiger charge is -2.22. The van der Waals surface area contributed by atoms with E-state index in [1.54, 1.807) is 31.4 Å². The molecule has 3 aromatic rings. The zero-order chi connectivity index (χ0) is 21.5. The van der Waals surface area contributed by atoms with Gasteiger partial charge in [-0.2, -0.15) is 0 Å². The second-order valence-electron chi connectivity index (χ2n) is 6.82. The number of anilines is 1. The second kappa shape index (κ2) is 9.75. The largest absolute Gasteiger partial charge is 0.383 e. The average Bonchev–Trinajstić information content (AvgIpc) is 3.29. The number of carbonyl (C=O) groups excluding carboxylic acids is 2. The highest BCUT2D eigenvalue weighted by Crippen LogP contribution is 2.18. The van der Waals surface area contributed by atoms with E-state index in [4.69, 9.17) is 4.74 Å². The lowest BCUT2D eigenvalue weighted by molar-refractivity contribution is -0.117. The lowest BCUT2D eigenvalue weighted by Crippen LogP contribution is -2.40. The summed E-state index contributed by atoms with van der Waals surface area (Å²) >= 11 is 0. The molecule has 9 nitrogen and oxygen atoms in total. The van der Waals surface area contributed by atoms with Crippen molar-refractivity contribution in [3.8, 4) is 5.69 Å². The minimum atomic E-state index is -0.280. The zero-order valence-electron chi connectivity index (χ0n) is 17.2. The summed E-state index contributed by atoms with van der Waals surface area (Å²) in [4.78, 5) is 27.2. The molecular formula is C21H24N6O3. The van der Waals surface area contributed by atoms with Gasteiger partial charge in [-0.25, -0.2) is 4.68 Å². The Morgan fingerprint density at radius 3 is 2.70 bits per heavy atom. The van der Waals surface area contributed by atoms with Gasteiger partial charge in [-0.15, -0.1) is 5.10 Å². The molecule has 0 aliphatic heterocycles. The van der Waals surface area contributed by atoms with Crippen LogP contribution in [0.25, 0.3) is 5.69 Å². The van der Waals surface area contributed by atoms with Gasteiger partial charge in [-0.1, -0.05) is 18.2 Å². The molecule has 1 heterocycles. The van der Waals surface area contributed by atoms with Gasteiger partial charge in [-0.3, -0.25) is 9.59 Å². The summed E-state index contributed by atoms with van der Waals surface area (Å²) in [7, 11) is 1.55. The molecule has 0 saturated carbocycles. The molecule has 2 aromatic carbocycles. The van der Waals surface area contributed by atoms with Crippen LogP contribution < -0.4 is 5.32 Å². The molecule has 0 saturated heterocycles. The van der Waals surface area contributed by atoms with Crippen LogP contribution in [-0.2, 0) is 9.53 Å². The zero-order valence-corrected chi connectivity index (χ0v) is 17.2. The Hall–Kier alpha value is -3.59. The number of benzene rings is 2. The smallest absolute Gasteiger partial charge is 0.254 e. The number of hydrogen-bond donors (Lipinski definition) is 1. The molecule has 156 valence electrons. The molecule has 0 aliphatic rings. The van der Waals surface area contributed by atoms with Gasteiger partial charge in [0.25, 0.3) is 5.91 Å². The third-order valence-corrected chi connectivity index (χ3v) is 4.77. The predicted molar refractivity (Wildman–Crippen MR) is 111 cm³/mol. The third kappa shape index (κ3) is 5.06. The quantitative estimate of drug-likeness (QED) is 0.612. The highest BCUT2D eigenvalue weighted by molar-refractivity contribution is 6.00. The summed E-state index contributed by atoms with van der Waals surface area (Å²) in [6.45, 7) is 4.44. The Kier molecular flexibility index (Phi) is 6.87. The molecule has 0 aliphatic carbocycles. The molecule has 0 bridgehead atoms. The van der Waals surface area contributed by atoms with E-state index in [0.717, 1.165) is 16.8 Å². The first kappa shape index (κ1) is 21.1. The van der Waals surface area contributed by atoms with Gasteiger partial charge in [0, 0.05) is 24.9 Å². The Bertz CT molecular complexity index is 1020. The molecule has 0 radical (unpaired) electrons. The highest BCUT2D eigenvalue weighted by Gasteiger charge is 2.20. The van der Waals surface area contributed by atoms with Gasteiger partial charge in [0.05, 0.1) is 12.3 Å². The Morgan fingerprint density at radius 1 is 1.17 bits per heavy atom. The fourth-order valence-corrected chi connectivity index (χ4v) is 2.95. The summed E-state index contributed by atoms with van der Waals surface area (Å²) < 4.78 is 6.58. The molecule has 2 amide bonds. The number of amides is 2. The van der Waals surface area contributed by atoms with Crippen LogP contribution in [0.4, 0.5) is 5.69 Å². The molecule has 0 unspecified atom stereocenters. The van der Waals surface area contributed by atoms with Crippen LogP contribution in [0.2, 0.25) is 0 Å². The number of nitrogens with zero attached hydrogens (tertiary/aromatic N) is 5. The van der Waals surface area contributed by atoms with E-state index in [-0.39, 0.29) is 24.9 Å². The van der Waals surface area contributed by atoms with Crippen molar-refractivity contribution in [3.63, 3.8) is 0 Å². The third-order valence-electron chi connectivity index (χ3n) is 4.77. The van der Waals surface area contributed by atoms with Gasteiger partial charge in [-0.05, 0) is 59.7 Å². The monoisotopic (exact) mass is 408 g/mol. The van der Waals surface area contributed by atoms with E-state index in [2.05, 4.69) is 20.8 Å². The number of ether oxygens (including phenoxy) is 1. The van der Waals surface area contributed by atoms with Gasteiger partial charge in [0.2, 0.25) is 5.91 Å². The number of rotatable bonds is 8. The van der Waals surface area contributed by atoms with E-state index >= 15 is 0 Å². The van der Waals surface area contributed by atoms with Crippen LogP contribution in [0.1, 0.15) is 21.5 Å². The maximum atomic E-state index is 13.1. The van der Waals surface area contributed by atoms with Crippen molar-refractivity contribution < 1.29 is 14.3 Å².